The number of benzene rings is 1. The first-order valence-electron chi connectivity index (χ1n) is 6.63. The van der Waals surface area contributed by atoms with E-state index in [0.717, 1.165) is 16.6 Å². The molecular formula is C15H19BrClNO2. The molecule has 5 heteroatoms. The first-order valence-corrected chi connectivity index (χ1v) is 7.80. The van der Waals surface area contributed by atoms with Crippen LogP contribution in [0.5, 0.6) is 0 Å². The highest BCUT2D eigenvalue weighted by molar-refractivity contribution is 9.10. The summed E-state index contributed by atoms with van der Waals surface area (Å²) in [4.78, 5) is 13.8. The van der Waals surface area contributed by atoms with E-state index >= 15 is 0 Å². The number of hydrogen-bond acceptors (Lipinski definition) is 2. The Labute approximate surface area is 133 Å². The van der Waals surface area contributed by atoms with E-state index in [1.165, 1.54) is 0 Å². The molecule has 0 amide bonds. The van der Waals surface area contributed by atoms with Crippen LogP contribution in [0.25, 0.3) is 0 Å². The van der Waals surface area contributed by atoms with Gasteiger partial charge in [0.05, 0.1) is 5.92 Å². The minimum absolute atomic E-state index is 0.0407. The monoisotopic (exact) mass is 359 g/mol. The molecule has 1 aromatic carbocycles. The quantitative estimate of drug-likeness (QED) is 0.866. The number of rotatable bonds is 2. The fourth-order valence-electron chi connectivity index (χ4n) is 2.72. The van der Waals surface area contributed by atoms with Gasteiger partial charge in [0.25, 0.3) is 0 Å². The SMILES string of the molecule is CC(C)(C)N1C[C@@H](C(=O)O)[C@H](c2cc(Br)ccc2Cl)C1. The highest BCUT2D eigenvalue weighted by atomic mass is 79.9. The molecule has 0 radical (unpaired) electrons. The van der Waals surface area contributed by atoms with Crippen LogP contribution in [0.15, 0.2) is 22.7 Å². The summed E-state index contributed by atoms with van der Waals surface area (Å²) < 4.78 is 0.926. The number of carboxylic acid groups (broad SMARTS) is 1. The molecule has 0 spiro atoms. The van der Waals surface area contributed by atoms with Crippen molar-refractivity contribution in [2.75, 3.05) is 13.1 Å². The Hall–Kier alpha value is -0.580. The summed E-state index contributed by atoms with van der Waals surface area (Å²) in [7, 11) is 0. The number of halogens is 2. The number of carbonyl (C=O) groups is 1. The van der Waals surface area contributed by atoms with Crippen molar-refractivity contribution in [3.8, 4) is 0 Å². The van der Waals surface area contributed by atoms with E-state index < -0.39 is 11.9 Å². The van der Waals surface area contributed by atoms with Crippen LogP contribution in [0.3, 0.4) is 0 Å². The van der Waals surface area contributed by atoms with Crippen LogP contribution in [0.4, 0.5) is 0 Å². The molecule has 1 heterocycles. The third-order valence-corrected chi connectivity index (χ3v) is 4.78. The molecule has 110 valence electrons. The standard InChI is InChI=1S/C15H19BrClNO2/c1-15(2,3)18-7-11(12(8-18)14(19)20)10-6-9(16)4-5-13(10)17/h4-6,11-12H,7-8H2,1-3H3,(H,19,20)/t11-,12+/m0/s1. The Morgan fingerprint density at radius 2 is 2.05 bits per heavy atom. The Kier molecular flexibility index (Phi) is 4.47. The minimum Gasteiger partial charge on any atom is -0.481 e. The van der Waals surface area contributed by atoms with Gasteiger partial charge >= 0.3 is 5.97 Å². The van der Waals surface area contributed by atoms with Crippen molar-refractivity contribution in [1.29, 1.82) is 0 Å². The summed E-state index contributed by atoms with van der Waals surface area (Å²) in [5.41, 5.74) is 0.876. The predicted octanol–water partition coefficient (Wildman–Crippen LogP) is 4.00. The third-order valence-electron chi connectivity index (χ3n) is 3.94. The van der Waals surface area contributed by atoms with Crippen LogP contribution in [0.2, 0.25) is 5.02 Å². The number of nitrogens with zero attached hydrogens (tertiary/aromatic N) is 1. The van der Waals surface area contributed by atoms with Crippen molar-refractivity contribution >= 4 is 33.5 Å². The van der Waals surface area contributed by atoms with Crippen LogP contribution in [0, 0.1) is 5.92 Å². The molecule has 2 atom stereocenters. The fourth-order valence-corrected chi connectivity index (χ4v) is 3.35. The van der Waals surface area contributed by atoms with Gasteiger partial charge in [-0.1, -0.05) is 27.5 Å². The fraction of sp³-hybridized carbons (Fsp3) is 0.533. The molecule has 20 heavy (non-hydrogen) atoms. The first-order chi connectivity index (χ1) is 9.20. The normalized spacial score (nSPS) is 24.1. The highest BCUT2D eigenvalue weighted by Crippen LogP contribution is 2.39. The molecule has 0 aliphatic carbocycles. The van der Waals surface area contributed by atoms with E-state index in [0.29, 0.717) is 11.6 Å². The van der Waals surface area contributed by atoms with Crippen LogP contribution in [0.1, 0.15) is 32.3 Å². The average Bonchev–Trinajstić information content (AvgIpc) is 2.77. The van der Waals surface area contributed by atoms with E-state index in [4.69, 9.17) is 11.6 Å². The van der Waals surface area contributed by atoms with Gasteiger partial charge in [0.15, 0.2) is 0 Å². The molecule has 1 saturated heterocycles. The van der Waals surface area contributed by atoms with Gasteiger partial charge in [0.2, 0.25) is 0 Å². The lowest BCUT2D eigenvalue weighted by Gasteiger charge is -2.31. The van der Waals surface area contributed by atoms with Crippen LogP contribution < -0.4 is 0 Å². The highest BCUT2D eigenvalue weighted by Gasteiger charge is 2.42. The number of likely N-dealkylation sites (tertiary alicyclic amines) is 1. The summed E-state index contributed by atoms with van der Waals surface area (Å²) in [6.07, 6.45) is 0. The number of hydrogen-bond donors (Lipinski definition) is 1. The lowest BCUT2D eigenvalue weighted by Crippen LogP contribution is -2.40. The largest absolute Gasteiger partial charge is 0.481 e. The van der Waals surface area contributed by atoms with Gasteiger partial charge in [-0.05, 0) is 44.5 Å². The zero-order valence-corrected chi connectivity index (χ0v) is 14.2. The molecule has 1 N–H and O–H groups in total. The van der Waals surface area contributed by atoms with E-state index in [1.807, 2.05) is 18.2 Å². The van der Waals surface area contributed by atoms with E-state index in [1.54, 1.807) is 0 Å². The lowest BCUT2D eigenvalue weighted by atomic mass is 9.89. The molecule has 1 aliphatic heterocycles. The maximum Gasteiger partial charge on any atom is 0.308 e. The molecule has 3 nitrogen and oxygen atoms in total. The minimum atomic E-state index is -0.752. The zero-order chi connectivity index (χ0) is 15.1. The molecule has 1 aromatic rings. The zero-order valence-electron chi connectivity index (χ0n) is 11.9. The summed E-state index contributed by atoms with van der Waals surface area (Å²) in [6, 6.07) is 5.63. The van der Waals surface area contributed by atoms with Gasteiger partial charge < -0.3 is 5.11 Å². The second-order valence-electron chi connectivity index (χ2n) is 6.29. The topological polar surface area (TPSA) is 40.5 Å². The van der Waals surface area contributed by atoms with Gasteiger partial charge in [-0.15, -0.1) is 0 Å². The Bertz CT molecular complexity index is 527. The summed E-state index contributed by atoms with van der Waals surface area (Å²) in [5, 5.41) is 10.1. The molecule has 0 aromatic heterocycles. The van der Waals surface area contributed by atoms with E-state index in [9.17, 15) is 9.90 Å². The van der Waals surface area contributed by atoms with Crippen molar-refractivity contribution in [3.05, 3.63) is 33.3 Å². The van der Waals surface area contributed by atoms with Gasteiger partial charge in [0.1, 0.15) is 0 Å². The summed E-state index contributed by atoms with van der Waals surface area (Å²) in [6.45, 7) is 7.60. The predicted molar refractivity (Wildman–Crippen MR) is 84.3 cm³/mol. The lowest BCUT2D eigenvalue weighted by molar-refractivity contribution is -0.141. The maximum atomic E-state index is 11.6. The molecule has 1 fully saturated rings. The molecule has 0 bridgehead atoms. The molecule has 2 rings (SSSR count). The van der Waals surface area contributed by atoms with Gasteiger partial charge in [-0.2, -0.15) is 0 Å². The van der Waals surface area contributed by atoms with Crippen molar-refractivity contribution < 1.29 is 9.90 Å². The van der Waals surface area contributed by atoms with Gasteiger partial charge in [0, 0.05) is 34.0 Å². The van der Waals surface area contributed by atoms with Crippen molar-refractivity contribution in [1.82, 2.24) is 4.90 Å². The number of carboxylic acids is 1. The van der Waals surface area contributed by atoms with E-state index in [2.05, 4.69) is 41.6 Å². The van der Waals surface area contributed by atoms with Crippen molar-refractivity contribution in [2.45, 2.75) is 32.2 Å². The Balaban J connectivity index is 2.38. The second kappa shape index (κ2) is 5.66. The molecule has 0 unspecified atom stereocenters. The van der Waals surface area contributed by atoms with Crippen molar-refractivity contribution in [3.63, 3.8) is 0 Å². The van der Waals surface area contributed by atoms with Gasteiger partial charge in [-0.3, -0.25) is 9.69 Å². The molecule has 1 aliphatic rings. The van der Waals surface area contributed by atoms with Crippen LogP contribution >= 0.6 is 27.5 Å². The smallest absolute Gasteiger partial charge is 0.308 e. The first kappa shape index (κ1) is 15.8. The van der Waals surface area contributed by atoms with Crippen molar-refractivity contribution in [2.24, 2.45) is 5.92 Å². The summed E-state index contributed by atoms with van der Waals surface area (Å²) in [5.74, 6) is -1.24. The van der Waals surface area contributed by atoms with Crippen LogP contribution in [-0.4, -0.2) is 34.6 Å². The Morgan fingerprint density at radius 3 is 2.60 bits per heavy atom. The van der Waals surface area contributed by atoms with E-state index in [-0.39, 0.29) is 11.5 Å². The number of aliphatic carboxylic acids is 1. The van der Waals surface area contributed by atoms with Gasteiger partial charge in [-0.25, -0.2) is 0 Å². The Morgan fingerprint density at radius 1 is 1.40 bits per heavy atom. The molecule has 0 saturated carbocycles. The summed E-state index contributed by atoms with van der Waals surface area (Å²) >= 11 is 9.71. The maximum absolute atomic E-state index is 11.6. The average molecular weight is 361 g/mol. The third kappa shape index (κ3) is 3.18. The molecular weight excluding hydrogens is 342 g/mol. The second-order valence-corrected chi connectivity index (χ2v) is 7.62. The van der Waals surface area contributed by atoms with Crippen LogP contribution in [-0.2, 0) is 4.79 Å².